The molecule has 24 nitrogen and oxygen atoms in total. The third kappa shape index (κ3) is 16.9. The van der Waals surface area contributed by atoms with E-state index in [9.17, 15) is 68.7 Å². The van der Waals surface area contributed by atoms with Gasteiger partial charge < -0.3 is 73.5 Å². The van der Waals surface area contributed by atoms with Gasteiger partial charge in [-0.2, -0.15) is 0 Å². The molecule has 1 aromatic heterocycles. The molecule has 0 bridgehead atoms. The fourth-order valence-corrected chi connectivity index (χ4v) is 5.40. The number of imidazole rings is 1. The molecule has 0 saturated carbocycles. The molecule has 8 atom stereocenters. The van der Waals surface area contributed by atoms with Crippen molar-refractivity contribution >= 4 is 53.3 Å². The summed E-state index contributed by atoms with van der Waals surface area (Å²) in [6.07, 6.45) is -1.52. The lowest BCUT2D eigenvalue weighted by Gasteiger charge is -2.29. The molecule has 24 heteroatoms. The van der Waals surface area contributed by atoms with Crippen molar-refractivity contribution < 1.29 is 68.7 Å². The van der Waals surface area contributed by atoms with E-state index in [4.69, 9.17) is 5.73 Å². The summed E-state index contributed by atoms with van der Waals surface area (Å²) >= 11 is 0. The van der Waals surface area contributed by atoms with E-state index in [0.717, 1.165) is 13.8 Å². The quantitative estimate of drug-likeness (QED) is 0.0443. The lowest BCUT2D eigenvalue weighted by atomic mass is 10.0. The molecule has 0 aliphatic rings. The van der Waals surface area contributed by atoms with Gasteiger partial charge in [-0.25, -0.2) is 9.78 Å². The highest BCUT2D eigenvalue weighted by molar-refractivity contribution is 5.98. The van der Waals surface area contributed by atoms with Gasteiger partial charge >= 0.3 is 11.9 Å². The molecular weight excluding hydrogens is 808 g/mol. The van der Waals surface area contributed by atoms with Gasteiger partial charge in [0.2, 0.25) is 41.4 Å². The molecule has 1 aromatic carbocycles. The van der Waals surface area contributed by atoms with E-state index in [0.29, 0.717) is 11.3 Å². The largest absolute Gasteiger partial charge is 0.481 e. The van der Waals surface area contributed by atoms with E-state index in [1.54, 1.807) is 30.3 Å². The third-order valence-corrected chi connectivity index (χ3v) is 8.87. The second-order valence-corrected chi connectivity index (χ2v) is 14.5. The minimum Gasteiger partial charge on any atom is -0.481 e. The summed E-state index contributed by atoms with van der Waals surface area (Å²) in [5.41, 5.74) is 5.26. The number of aliphatic hydroxyl groups excluding tert-OH is 3. The number of carbonyl (C=O) groups excluding carboxylic acids is 7. The second kappa shape index (κ2) is 23.9. The van der Waals surface area contributed by atoms with Crippen LogP contribution in [-0.2, 0) is 56.0 Å². The van der Waals surface area contributed by atoms with Crippen LogP contribution in [0.2, 0.25) is 0 Å². The van der Waals surface area contributed by atoms with E-state index in [2.05, 4.69) is 41.9 Å². The number of nitrogens with zero attached hydrogens (tertiary/aromatic N) is 1. The average molecular weight is 863 g/mol. The number of carboxylic acids is 2. The Balaban J connectivity index is 2.17. The molecule has 0 spiro atoms. The first-order valence-corrected chi connectivity index (χ1v) is 18.9. The van der Waals surface area contributed by atoms with Crippen LogP contribution in [0.5, 0.6) is 0 Å². The lowest BCUT2D eigenvalue weighted by molar-refractivity contribution is -0.144. The van der Waals surface area contributed by atoms with Gasteiger partial charge in [0.05, 0.1) is 43.4 Å². The van der Waals surface area contributed by atoms with E-state index >= 15 is 0 Å². The van der Waals surface area contributed by atoms with Crippen molar-refractivity contribution in [1.29, 1.82) is 0 Å². The number of benzene rings is 1. The normalized spacial score (nSPS) is 15.1. The molecule has 2 rings (SSSR count). The molecular formula is C37H54N10O14. The Hall–Kier alpha value is -6.50. The highest BCUT2D eigenvalue weighted by Gasteiger charge is 2.36. The monoisotopic (exact) mass is 862 g/mol. The average Bonchev–Trinajstić information content (AvgIpc) is 3.70. The van der Waals surface area contributed by atoms with Crippen LogP contribution < -0.4 is 43.0 Å². The zero-order valence-electron chi connectivity index (χ0n) is 33.8. The molecule has 336 valence electrons. The molecule has 0 unspecified atom stereocenters. The van der Waals surface area contributed by atoms with Crippen LogP contribution in [0.1, 0.15) is 51.8 Å². The number of hydrogen-bond donors (Lipinski definition) is 14. The number of aromatic nitrogens is 2. The van der Waals surface area contributed by atoms with E-state index < -0.39 is 133 Å². The number of H-pyrrole nitrogens is 1. The number of rotatable bonds is 25. The minimum absolute atomic E-state index is 0.0367. The van der Waals surface area contributed by atoms with Crippen molar-refractivity contribution in [2.45, 2.75) is 107 Å². The van der Waals surface area contributed by atoms with Crippen molar-refractivity contribution in [2.24, 2.45) is 5.73 Å². The van der Waals surface area contributed by atoms with E-state index in [-0.39, 0.29) is 12.8 Å². The Labute approximate surface area is 349 Å². The standard InChI is InChI=1S/C37H54N10O14/c1-18(49)28(33(57)42-24(12-20-8-6-5-7-9-20)32(56)46-29(19(2)50)34(58)43-25(16-48)35(59)60)45-26(51)15-40-31(55)23(10-11-27(52)53)44-36(61)37(3,4)47-30(54)22(38)13-21-14-39-17-41-21/h5-9,14,17-19,22-25,28-29,48-50H,10-13,15-16,38H2,1-4H3,(H,39,41)(H,40,55)(H,42,57)(H,43,58)(H,44,61)(H,45,51)(H,46,56)(H,47,54)(H,52,53)(H,59,60)/t18-,19-,22+,23+,24+,25+,28+,29+/m1/s1. The van der Waals surface area contributed by atoms with Crippen molar-refractivity contribution in [2.75, 3.05) is 13.2 Å². The maximum Gasteiger partial charge on any atom is 0.328 e. The number of nitrogens with two attached hydrogens (primary N) is 1. The molecule has 2 aromatic rings. The summed E-state index contributed by atoms with van der Waals surface area (Å²) in [4.78, 5) is 121. The number of aliphatic carboxylic acids is 2. The summed E-state index contributed by atoms with van der Waals surface area (Å²) < 4.78 is 0. The summed E-state index contributed by atoms with van der Waals surface area (Å²) in [7, 11) is 0. The number of nitrogens with one attached hydrogen (secondary N) is 8. The zero-order chi connectivity index (χ0) is 46.0. The van der Waals surface area contributed by atoms with Crippen LogP contribution in [-0.4, -0.2) is 156 Å². The van der Waals surface area contributed by atoms with Gasteiger partial charge in [-0.1, -0.05) is 30.3 Å². The van der Waals surface area contributed by atoms with Crippen molar-refractivity contribution in [3.05, 3.63) is 54.1 Å². The second-order valence-electron chi connectivity index (χ2n) is 14.5. The summed E-state index contributed by atoms with van der Waals surface area (Å²) in [5.74, 6) is -9.96. The van der Waals surface area contributed by atoms with Crippen LogP contribution in [0.3, 0.4) is 0 Å². The van der Waals surface area contributed by atoms with Gasteiger partial charge in [0, 0.05) is 25.5 Å². The molecule has 0 fully saturated rings. The number of carbonyl (C=O) groups is 9. The molecule has 0 aliphatic carbocycles. The maximum atomic E-state index is 13.5. The number of amides is 7. The number of aliphatic hydroxyl groups is 3. The van der Waals surface area contributed by atoms with Crippen LogP contribution in [0.4, 0.5) is 0 Å². The Morgan fingerprint density at radius 3 is 1.87 bits per heavy atom. The van der Waals surface area contributed by atoms with Gasteiger partial charge in [-0.05, 0) is 39.7 Å². The Kier molecular flexibility index (Phi) is 19.9. The fraction of sp³-hybridized carbons (Fsp3) is 0.514. The van der Waals surface area contributed by atoms with E-state index in [1.165, 1.54) is 26.4 Å². The van der Waals surface area contributed by atoms with Gasteiger partial charge in [-0.15, -0.1) is 0 Å². The predicted octanol–water partition coefficient (Wildman–Crippen LogP) is -5.34. The first-order chi connectivity index (χ1) is 28.6. The van der Waals surface area contributed by atoms with Crippen molar-refractivity contribution in [3.8, 4) is 0 Å². The number of aromatic amines is 1. The van der Waals surface area contributed by atoms with Crippen molar-refractivity contribution in [3.63, 3.8) is 0 Å². The van der Waals surface area contributed by atoms with Crippen LogP contribution >= 0.6 is 0 Å². The van der Waals surface area contributed by atoms with Crippen LogP contribution in [0.25, 0.3) is 0 Å². The first-order valence-electron chi connectivity index (χ1n) is 18.9. The highest BCUT2D eigenvalue weighted by atomic mass is 16.4. The molecule has 1 heterocycles. The summed E-state index contributed by atoms with van der Waals surface area (Å²) in [6.45, 7) is 3.01. The third-order valence-electron chi connectivity index (χ3n) is 8.87. The molecule has 0 saturated heterocycles. The number of carboxylic acid groups (broad SMARTS) is 2. The Morgan fingerprint density at radius 2 is 1.34 bits per heavy atom. The van der Waals surface area contributed by atoms with Crippen LogP contribution in [0.15, 0.2) is 42.9 Å². The van der Waals surface area contributed by atoms with Gasteiger partial charge in [0.25, 0.3) is 0 Å². The van der Waals surface area contributed by atoms with Gasteiger partial charge in [-0.3, -0.25) is 38.4 Å². The molecule has 0 aliphatic heterocycles. The highest BCUT2D eigenvalue weighted by Crippen LogP contribution is 2.09. The first kappa shape index (κ1) is 50.6. The predicted molar refractivity (Wildman–Crippen MR) is 210 cm³/mol. The Morgan fingerprint density at radius 1 is 0.754 bits per heavy atom. The van der Waals surface area contributed by atoms with Crippen LogP contribution in [0, 0.1) is 0 Å². The van der Waals surface area contributed by atoms with Crippen molar-refractivity contribution in [1.82, 2.24) is 47.2 Å². The molecule has 7 amide bonds. The minimum atomic E-state index is -1.77. The van der Waals surface area contributed by atoms with E-state index in [1.807, 2.05) is 5.32 Å². The topological polar surface area (TPSA) is 394 Å². The smallest absolute Gasteiger partial charge is 0.328 e. The summed E-state index contributed by atoms with van der Waals surface area (Å²) in [5, 5.41) is 64.3. The van der Waals surface area contributed by atoms with Gasteiger partial charge in [0.15, 0.2) is 0 Å². The molecule has 15 N–H and O–H groups in total. The SMILES string of the molecule is C[C@@H](O)[C@H](NC(=O)CNC(=O)[C@H](CCC(=O)O)NC(=O)C(C)(C)NC(=O)[C@@H](N)Cc1c[nH]cn1)C(=O)N[C@@H](Cc1ccccc1)C(=O)N[C@H](C(=O)N[C@@H](CO)C(=O)O)[C@@H](C)O. The van der Waals surface area contributed by atoms with Gasteiger partial charge in [0.1, 0.15) is 35.7 Å². The zero-order valence-corrected chi connectivity index (χ0v) is 33.8. The summed E-state index contributed by atoms with van der Waals surface area (Å²) in [6, 6.07) is -1.34. The lowest BCUT2D eigenvalue weighted by Crippen LogP contribution is -2.62. The maximum absolute atomic E-state index is 13.5. The molecule has 0 radical (unpaired) electrons. The Bertz CT molecular complexity index is 1840. The fourth-order valence-electron chi connectivity index (χ4n) is 5.40. The number of hydrogen-bond acceptors (Lipinski definition) is 14. The molecule has 61 heavy (non-hydrogen) atoms.